The molecule has 114 valence electrons. The molecule has 0 fully saturated rings. The van der Waals surface area contributed by atoms with Crippen LogP contribution in [0.5, 0.6) is 0 Å². The molecule has 6 nitrogen and oxygen atoms in total. The van der Waals surface area contributed by atoms with Crippen molar-refractivity contribution in [2.75, 3.05) is 46.3 Å². The number of para-hydroxylation sites is 1. The molecule has 0 aliphatic heterocycles. The van der Waals surface area contributed by atoms with Crippen LogP contribution < -0.4 is 5.73 Å². The third kappa shape index (κ3) is 3.89. The number of benzene rings is 1. The molecule has 1 rings (SSSR count). The Balaban J connectivity index is 3.11. The van der Waals surface area contributed by atoms with Crippen LogP contribution in [0.15, 0.2) is 23.1 Å². The monoisotopic (exact) mass is 306 g/mol. The molecule has 0 atom stereocenters. The molecule has 0 saturated heterocycles. The fraction of sp³-hybridized carbons (Fsp3) is 0.500. The Morgan fingerprint density at radius 2 is 1.75 bits per heavy atom. The lowest BCUT2D eigenvalue weighted by Crippen LogP contribution is -2.36. The number of nitrogen functional groups attached to an aromatic ring is 1. The molecule has 0 radical (unpaired) electrons. The van der Waals surface area contributed by atoms with Crippen molar-refractivity contribution in [2.24, 2.45) is 0 Å². The van der Waals surface area contributed by atoms with Crippen LogP contribution in [0.4, 0.5) is 10.1 Å². The van der Waals surface area contributed by atoms with Crippen molar-refractivity contribution >= 4 is 15.7 Å². The molecular weight excluding hydrogens is 287 g/mol. The first kappa shape index (κ1) is 16.8. The van der Waals surface area contributed by atoms with Gasteiger partial charge in [0.15, 0.2) is 0 Å². The number of hydrogen-bond acceptors (Lipinski definition) is 5. The van der Waals surface area contributed by atoms with Crippen LogP contribution >= 0.6 is 0 Å². The quantitative estimate of drug-likeness (QED) is 0.715. The maximum absolute atomic E-state index is 13.4. The summed E-state index contributed by atoms with van der Waals surface area (Å²) in [5.41, 5.74) is 5.14. The Morgan fingerprint density at radius 3 is 2.25 bits per heavy atom. The average molecular weight is 306 g/mol. The molecule has 0 amide bonds. The Morgan fingerprint density at radius 1 is 1.20 bits per heavy atom. The summed E-state index contributed by atoms with van der Waals surface area (Å²) in [6, 6.07) is 3.70. The van der Waals surface area contributed by atoms with E-state index in [2.05, 4.69) is 0 Å². The van der Waals surface area contributed by atoms with Crippen LogP contribution in [0.25, 0.3) is 0 Å². The van der Waals surface area contributed by atoms with E-state index in [1.165, 1.54) is 26.4 Å². The second-order valence-electron chi connectivity index (χ2n) is 4.04. The summed E-state index contributed by atoms with van der Waals surface area (Å²) in [6.07, 6.45) is 0. The SMILES string of the molecule is COCCN(CCOC)S(=O)(=O)c1cccc(F)c1N. The van der Waals surface area contributed by atoms with Crippen molar-refractivity contribution in [3.63, 3.8) is 0 Å². The highest BCUT2D eigenvalue weighted by atomic mass is 32.2. The molecule has 0 unspecified atom stereocenters. The van der Waals surface area contributed by atoms with E-state index < -0.39 is 15.8 Å². The zero-order valence-corrected chi connectivity index (χ0v) is 12.3. The van der Waals surface area contributed by atoms with Gasteiger partial charge in [-0.2, -0.15) is 4.31 Å². The predicted octanol–water partition coefficient (Wildman–Crippen LogP) is 0.691. The molecule has 0 heterocycles. The summed E-state index contributed by atoms with van der Waals surface area (Å²) in [5, 5.41) is 0. The Labute approximate surface area is 118 Å². The van der Waals surface area contributed by atoms with Crippen molar-refractivity contribution in [1.29, 1.82) is 0 Å². The zero-order valence-electron chi connectivity index (χ0n) is 11.5. The summed E-state index contributed by atoms with van der Waals surface area (Å²) in [6.45, 7) is 0.715. The number of nitrogens with zero attached hydrogens (tertiary/aromatic N) is 1. The number of hydrogen-bond donors (Lipinski definition) is 1. The van der Waals surface area contributed by atoms with Crippen molar-refractivity contribution in [3.8, 4) is 0 Å². The highest BCUT2D eigenvalue weighted by Gasteiger charge is 2.27. The summed E-state index contributed by atoms with van der Waals surface area (Å²) >= 11 is 0. The third-order valence-corrected chi connectivity index (χ3v) is 4.68. The summed E-state index contributed by atoms with van der Waals surface area (Å²) in [4.78, 5) is -0.246. The maximum Gasteiger partial charge on any atom is 0.245 e. The second kappa shape index (κ2) is 7.53. The molecular formula is C12H19FN2O4S. The van der Waals surface area contributed by atoms with Crippen LogP contribution in [-0.4, -0.2) is 53.2 Å². The molecule has 0 aliphatic rings. The molecule has 8 heteroatoms. The largest absolute Gasteiger partial charge is 0.395 e. The van der Waals surface area contributed by atoms with Gasteiger partial charge in [-0.15, -0.1) is 0 Å². The van der Waals surface area contributed by atoms with E-state index in [1.807, 2.05) is 0 Å². The molecule has 2 N–H and O–H groups in total. The molecule has 20 heavy (non-hydrogen) atoms. The van der Waals surface area contributed by atoms with Crippen molar-refractivity contribution in [2.45, 2.75) is 4.90 Å². The van der Waals surface area contributed by atoms with Crippen molar-refractivity contribution in [1.82, 2.24) is 4.31 Å². The maximum atomic E-state index is 13.4. The minimum absolute atomic E-state index is 0.137. The number of ether oxygens (including phenoxy) is 2. The van der Waals surface area contributed by atoms with Crippen molar-refractivity contribution in [3.05, 3.63) is 24.0 Å². The molecule has 0 spiro atoms. The highest BCUT2D eigenvalue weighted by Crippen LogP contribution is 2.24. The van der Waals surface area contributed by atoms with Crippen LogP contribution in [0, 0.1) is 5.82 Å². The van der Waals surface area contributed by atoms with Crippen LogP contribution in [0.1, 0.15) is 0 Å². The van der Waals surface area contributed by atoms with Gasteiger partial charge in [-0.3, -0.25) is 0 Å². The van der Waals surface area contributed by atoms with E-state index in [9.17, 15) is 12.8 Å². The van der Waals surface area contributed by atoms with Gasteiger partial charge in [0, 0.05) is 27.3 Å². The Bertz CT molecular complexity index is 528. The van der Waals surface area contributed by atoms with Gasteiger partial charge in [-0.1, -0.05) is 6.07 Å². The van der Waals surface area contributed by atoms with Gasteiger partial charge in [0.05, 0.1) is 18.9 Å². The van der Waals surface area contributed by atoms with Gasteiger partial charge in [-0.25, -0.2) is 12.8 Å². The van der Waals surface area contributed by atoms with Crippen LogP contribution in [0.2, 0.25) is 0 Å². The number of anilines is 1. The van der Waals surface area contributed by atoms with E-state index in [1.54, 1.807) is 0 Å². The first-order valence-corrected chi connectivity index (χ1v) is 7.41. The number of nitrogens with two attached hydrogens (primary N) is 1. The highest BCUT2D eigenvalue weighted by molar-refractivity contribution is 7.89. The minimum Gasteiger partial charge on any atom is -0.395 e. The molecule has 1 aromatic rings. The Kier molecular flexibility index (Phi) is 6.34. The number of sulfonamides is 1. The standard InChI is InChI=1S/C12H19FN2O4S/c1-18-8-6-15(7-9-19-2)20(16,17)11-5-3-4-10(13)12(11)14/h3-5H,6-9,14H2,1-2H3. The number of methoxy groups -OCH3 is 2. The molecule has 0 saturated carbocycles. The molecule has 0 bridgehead atoms. The van der Waals surface area contributed by atoms with E-state index in [0.29, 0.717) is 0 Å². The number of halogens is 1. The van der Waals surface area contributed by atoms with Crippen LogP contribution in [-0.2, 0) is 19.5 Å². The fourth-order valence-corrected chi connectivity index (χ4v) is 3.15. The zero-order chi connectivity index (χ0) is 15.2. The predicted molar refractivity (Wildman–Crippen MR) is 73.3 cm³/mol. The summed E-state index contributed by atoms with van der Waals surface area (Å²) < 4.78 is 49.3. The lowest BCUT2D eigenvalue weighted by Gasteiger charge is -2.22. The summed E-state index contributed by atoms with van der Waals surface area (Å²) in [7, 11) is -0.951. The van der Waals surface area contributed by atoms with Gasteiger partial charge in [0.2, 0.25) is 10.0 Å². The van der Waals surface area contributed by atoms with Gasteiger partial charge >= 0.3 is 0 Å². The Hall–Kier alpha value is -1.22. The van der Waals surface area contributed by atoms with Gasteiger partial charge in [0.1, 0.15) is 10.7 Å². The minimum atomic E-state index is -3.89. The fourth-order valence-electron chi connectivity index (χ4n) is 1.62. The number of rotatable bonds is 8. The molecule has 0 aromatic heterocycles. The van der Waals surface area contributed by atoms with Crippen molar-refractivity contribution < 1.29 is 22.3 Å². The van der Waals surface area contributed by atoms with E-state index in [-0.39, 0.29) is 36.9 Å². The normalized spacial score (nSPS) is 12.0. The van der Waals surface area contributed by atoms with Gasteiger partial charge in [-0.05, 0) is 12.1 Å². The van der Waals surface area contributed by atoms with Gasteiger partial charge < -0.3 is 15.2 Å². The summed E-state index contributed by atoms with van der Waals surface area (Å²) in [5.74, 6) is -0.760. The van der Waals surface area contributed by atoms with Gasteiger partial charge in [0.25, 0.3) is 0 Å². The second-order valence-corrected chi connectivity index (χ2v) is 5.95. The molecule has 1 aromatic carbocycles. The van der Waals surface area contributed by atoms with E-state index in [4.69, 9.17) is 15.2 Å². The van der Waals surface area contributed by atoms with Crippen LogP contribution in [0.3, 0.4) is 0 Å². The first-order valence-electron chi connectivity index (χ1n) is 5.97. The third-order valence-electron chi connectivity index (χ3n) is 2.72. The molecule has 0 aliphatic carbocycles. The van der Waals surface area contributed by atoms with E-state index in [0.717, 1.165) is 10.4 Å². The smallest absolute Gasteiger partial charge is 0.245 e. The topological polar surface area (TPSA) is 81.9 Å². The first-order chi connectivity index (χ1) is 9.45. The lowest BCUT2D eigenvalue weighted by molar-refractivity contribution is 0.150. The average Bonchev–Trinajstić information content (AvgIpc) is 2.41. The van der Waals surface area contributed by atoms with E-state index >= 15 is 0 Å². The lowest BCUT2D eigenvalue weighted by atomic mass is 10.3.